The Kier molecular flexibility index (Phi) is 5.15. The number of thiophene rings is 1. The number of hydrogen-bond donors (Lipinski definition) is 2. The Bertz CT molecular complexity index is 537. The van der Waals surface area contributed by atoms with Crippen molar-refractivity contribution in [3.63, 3.8) is 0 Å². The van der Waals surface area contributed by atoms with Crippen LogP contribution in [0.5, 0.6) is 5.75 Å². The lowest BCUT2D eigenvalue weighted by Crippen LogP contribution is -2.23. The first-order chi connectivity index (χ1) is 9.66. The third-order valence-electron chi connectivity index (χ3n) is 2.89. The predicted molar refractivity (Wildman–Crippen MR) is 79.6 cm³/mol. The Labute approximate surface area is 122 Å². The Morgan fingerprint density at radius 1 is 1.35 bits per heavy atom. The second-order valence-corrected chi connectivity index (χ2v) is 5.35. The molecular formula is C15H17NO3S. The number of hydrogen-bond acceptors (Lipinski definition) is 4. The zero-order valence-corrected chi connectivity index (χ0v) is 12.0. The molecule has 2 N–H and O–H groups in total. The van der Waals surface area contributed by atoms with Gasteiger partial charge in [0.05, 0.1) is 5.56 Å². The molecule has 106 valence electrons. The largest absolute Gasteiger partial charge is 0.492 e. The van der Waals surface area contributed by atoms with E-state index in [2.05, 4.69) is 23.7 Å². The molecule has 2 aromatic rings. The summed E-state index contributed by atoms with van der Waals surface area (Å²) >= 11 is 1.73. The quantitative estimate of drug-likeness (QED) is 0.769. The second kappa shape index (κ2) is 7.07. The van der Waals surface area contributed by atoms with Crippen LogP contribution in [0.2, 0.25) is 0 Å². The van der Waals surface area contributed by atoms with Crippen LogP contribution in [0, 0.1) is 0 Å². The van der Waals surface area contributed by atoms with E-state index in [-0.39, 0.29) is 5.56 Å². The van der Waals surface area contributed by atoms with E-state index in [0.29, 0.717) is 18.4 Å². The van der Waals surface area contributed by atoms with Crippen LogP contribution in [0.4, 0.5) is 0 Å². The van der Waals surface area contributed by atoms with Gasteiger partial charge in [-0.25, -0.2) is 4.79 Å². The number of nitrogens with one attached hydrogen (secondary N) is 1. The number of carboxylic acid groups (broad SMARTS) is 1. The Balaban J connectivity index is 1.72. The van der Waals surface area contributed by atoms with Crippen molar-refractivity contribution in [3.05, 3.63) is 52.2 Å². The monoisotopic (exact) mass is 291 g/mol. The van der Waals surface area contributed by atoms with Crippen molar-refractivity contribution in [2.75, 3.05) is 13.2 Å². The summed E-state index contributed by atoms with van der Waals surface area (Å²) in [5.41, 5.74) is 0.266. The molecule has 4 nitrogen and oxygen atoms in total. The minimum absolute atomic E-state index is 0.266. The summed E-state index contributed by atoms with van der Waals surface area (Å²) in [6.45, 7) is 3.40. The molecule has 0 saturated carbocycles. The molecule has 5 heteroatoms. The molecule has 0 amide bonds. The van der Waals surface area contributed by atoms with Crippen molar-refractivity contribution in [2.45, 2.75) is 13.0 Å². The standard InChI is InChI=1S/C15H17NO3S/c1-11(14-3-2-10-20-14)16-8-9-19-13-6-4-12(5-7-13)15(17)18/h2-7,10-11,16H,8-9H2,1H3,(H,17,18)/t11-/m0/s1. The highest BCUT2D eigenvalue weighted by Crippen LogP contribution is 2.17. The van der Waals surface area contributed by atoms with Crippen LogP contribution in [0.1, 0.15) is 28.2 Å². The normalized spacial score (nSPS) is 12.1. The van der Waals surface area contributed by atoms with Gasteiger partial charge in [-0.2, -0.15) is 0 Å². The number of carbonyl (C=O) groups is 1. The fraction of sp³-hybridized carbons (Fsp3) is 0.267. The van der Waals surface area contributed by atoms with E-state index in [1.807, 2.05) is 6.07 Å². The summed E-state index contributed by atoms with van der Waals surface area (Å²) in [7, 11) is 0. The maximum absolute atomic E-state index is 10.7. The van der Waals surface area contributed by atoms with Gasteiger partial charge in [0.2, 0.25) is 0 Å². The Hall–Kier alpha value is -1.85. The van der Waals surface area contributed by atoms with Gasteiger partial charge < -0.3 is 15.2 Å². The van der Waals surface area contributed by atoms with Crippen molar-refractivity contribution in [1.82, 2.24) is 5.32 Å². The molecule has 2 rings (SSSR count). The second-order valence-electron chi connectivity index (χ2n) is 4.37. The van der Waals surface area contributed by atoms with Crippen LogP contribution in [-0.2, 0) is 0 Å². The average Bonchev–Trinajstić information content (AvgIpc) is 2.98. The molecule has 0 aliphatic rings. The number of aromatic carboxylic acids is 1. The van der Waals surface area contributed by atoms with Crippen LogP contribution in [0.3, 0.4) is 0 Å². The van der Waals surface area contributed by atoms with Gasteiger partial charge >= 0.3 is 5.97 Å². The van der Waals surface area contributed by atoms with Gasteiger partial charge in [-0.3, -0.25) is 0 Å². The van der Waals surface area contributed by atoms with Gasteiger partial charge in [0.25, 0.3) is 0 Å². The SMILES string of the molecule is C[C@H](NCCOc1ccc(C(=O)O)cc1)c1cccs1. The first kappa shape index (κ1) is 14.6. The Morgan fingerprint density at radius 2 is 2.10 bits per heavy atom. The van der Waals surface area contributed by atoms with Crippen molar-refractivity contribution in [2.24, 2.45) is 0 Å². The Morgan fingerprint density at radius 3 is 2.70 bits per heavy atom. The zero-order valence-electron chi connectivity index (χ0n) is 11.2. The topological polar surface area (TPSA) is 58.6 Å². The van der Waals surface area contributed by atoms with Crippen LogP contribution in [-0.4, -0.2) is 24.2 Å². The summed E-state index contributed by atoms with van der Waals surface area (Å²) in [6.07, 6.45) is 0. The van der Waals surface area contributed by atoms with Crippen LogP contribution >= 0.6 is 11.3 Å². The van der Waals surface area contributed by atoms with Crippen molar-refractivity contribution in [1.29, 1.82) is 0 Å². The zero-order chi connectivity index (χ0) is 14.4. The summed E-state index contributed by atoms with van der Waals surface area (Å²) in [4.78, 5) is 12.0. The first-order valence-corrected chi connectivity index (χ1v) is 7.27. The molecule has 0 aliphatic heterocycles. The summed E-state index contributed by atoms with van der Waals surface area (Å²) < 4.78 is 5.56. The van der Waals surface area contributed by atoms with E-state index in [0.717, 1.165) is 6.54 Å². The lowest BCUT2D eigenvalue weighted by Gasteiger charge is -2.12. The maximum Gasteiger partial charge on any atom is 0.335 e. The number of rotatable bonds is 7. The molecule has 0 unspecified atom stereocenters. The highest BCUT2D eigenvalue weighted by atomic mass is 32.1. The van der Waals surface area contributed by atoms with E-state index >= 15 is 0 Å². The van der Waals surface area contributed by atoms with Gasteiger partial charge in [0.15, 0.2) is 0 Å². The van der Waals surface area contributed by atoms with E-state index in [9.17, 15) is 4.79 Å². The first-order valence-electron chi connectivity index (χ1n) is 6.40. The molecular weight excluding hydrogens is 274 g/mol. The molecule has 0 aliphatic carbocycles. The predicted octanol–water partition coefficient (Wildman–Crippen LogP) is 3.18. The summed E-state index contributed by atoms with van der Waals surface area (Å²) in [5.74, 6) is -0.247. The van der Waals surface area contributed by atoms with Crippen LogP contribution < -0.4 is 10.1 Å². The maximum atomic E-state index is 10.7. The summed E-state index contributed by atoms with van der Waals surface area (Å²) in [6, 6.07) is 10.9. The molecule has 1 atom stereocenters. The highest BCUT2D eigenvalue weighted by Gasteiger charge is 2.05. The minimum Gasteiger partial charge on any atom is -0.492 e. The van der Waals surface area contributed by atoms with Gasteiger partial charge in [-0.1, -0.05) is 6.07 Å². The van der Waals surface area contributed by atoms with Crippen LogP contribution in [0.25, 0.3) is 0 Å². The highest BCUT2D eigenvalue weighted by molar-refractivity contribution is 7.10. The molecule has 0 bridgehead atoms. The van der Waals surface area contributed by atoms with E-state index in [1.165, 1.54) is 4.88 Å². The lowest BCUT2D eigenvalue weighted by molar-refractivity contribution is 0.0697. The molecule has 0 fully saturated rings. The molecule has 0 radical (unpaired) electrons. The molecule has 0 saturated heterocycles. The van der Waals surface area contributed by atoms with Gasteiger partial charge in [0.1, 0.15) is 12.4 Å². The van der Waals surface area contributed by atoms with Gasteiger partial charge in [-0.05, 0) is 42.6 Å². The number of carboxylic acids is 1. The minimum atomic E-state index is -0.928. The van der Waals surface area contributed by atoms with Crippen molar-refractivity contribution < 1.29 is 14.6 Å². The van der Waals surface area contributed by atoms with Crippen molar-refractivity contribution >= 4 is 17.3 Å². The molecule has 1 aromatic carbocycles. The van der Waals surface area contributed by atoms with E-state index in [1.54, 1.807) is 35.6 Å². The number of benzene rings is 1. The van der Waals surface area contributed by atoms with E-state index < -0.39 is 5.97 Å². The molecule has 1 heterocycles. The van der Waals surface area contributed by atoms with E-state index in [4.69, 9.17) is 9.84 Å². The fourth-order valence-corrected chi connectivity index (χ4v) is 2.54. The van der Waals surface area contributed by atoms with Gasteiger partial charge in [-0.15, -0.1) is 11.3 Å². The van der Waals surface area contributed by atoms with Crippen molar-refractivity contribution in [3.8, 4) is 5.75 Å². The fourth-order valence-electron chi connectivity index (χ4n) is 1.78. The van der Waals surface area contributed by atoms with Gasteiger partial charge in [0, 0.05) is 17.5 Å². The summed E-state index contributed by atoms with van der Waals surface area (Å²) in [5, 5.41) is 14.2. The average molecular weight is 291 g/mol. The van der Waals surface area contributed by atoms with Crippen LogP contribution in [0.15, 0.2) is 41.8 Å². The molecule has 0 spiro atoms. The number of ether oxygens (including phenoxy) is 1. The molecule has 20 heavy (non-hydrogen) atoms. The molecule has 1 aromatic heterocycles. The lowest BCUT2D eigenvalue weighted by atomic mass is 10.2. The third kappa shape index (κ3) is 4.08. The smallest absolute Gasteiger partial charge is 0.335 e. The third-order valence-corrected chi connectivity index (χ3v) is 3.95.